The molecule has 6 nitrogen and oxygen atoms in total. The van der Waals surface area contributed by atoms with E-state index < -0.39 is 59.4 Å². The molecule has 0 spiro atoms. The number of carbonyl (C=O) groups is 3. The molecule has 160 valence electrons. The third-order valence-corrected chi connectivity index (χ3v) is 3.37. The Morgan fingerprint density at radius 1 is 1.07 bits per heavy atom. The second-order valence-corrected chi connectivity index (χ2v) is 5.55. The van der Waals surface area contributed by atoms with Crippen molar-refractivity contribution in [2.75, 3.05) is 6.61 Å². The van der Waals surface area contributed by atoms with Crippen molar-refractivity contribution in [3.63, 3.8) is 0 Å². The van der Waals surface area contributed by atoms with Crippen molar-refractivity contribution in [1.82, 2.24) is 5.32 Å². The highest BCUT2D eigenvalue weighted by molar-refractivity contribution is 5.97. The second kappa shape index (κ2) is 9.43. The largest absolute Gasteiger partial charge is 0.480 e. The number of benzene rings is 1. The van der Waals surface area contributed by atoms with Gasteiger partial charge in [0.2, 0.25) is 0 Å². The van der Waals surface area contributed by atoms with Gasteiger partial charge in [0, 0.05) is 11.6 Å². The summed E-state index contributed by atoms with van der Waals surface area (Å²) in [7, 11) is 0. The highest BCUT2D eigenvalue weighted by atomic mass is 19.4. The Hall–Kier alpha value is -3.05. The average molecular weight is 427 g/mol. The number of esters is 1. The fourth-order valence-electron chi connectivity index (χ4n) is 2.04. The van der Waals surface area contributed by atoms with Gasteiger partial charge in [-0.2, -0.15) is 26.3 Å². The number of aliphatic carboxylic acids is 1. The number of nitrogens with one attached hydrogen (secondary N) is 1. The van der Waals surface area contributed by atoms with Crippen molar-refractivity contribution < 1.29 is 50.6 Å². The summed E-state index contributed by atoms with van der Waals surface area (Å²) >= 11 is 0. The average Bonchev–Trinajstić information content (AvgIpc) is 2.58. The number of alkyl halides is 6. The molecule has 0 bridgehead atoms. The summed E-state index contributed by atoms with van der Waals surface area (Å²) in [6.07, 6.45) is -8.89. The summed E-state index contributed by atoms with van der Waals surface area (Å²) in [6, 6.07) is -1.51. The molecule has 0 fully saturated rings. The molecule has 1 atom stereocenters. The molecular weight excluding hydrogens is 412 g/mol. The number of carboxylic acids is 1. The normalized spacial score (nSPS) is 13.2. The standard InChI is InChI=1S/C17H15F6NO5/c1-2-29-13(25)5-3-4-12(15(27)28)24-14(26)9-6-10(16(18,19)20)8-11(7-9)17(21,22)23/h3,5-8,12H,2,4H2,1H3,(H,24,26)(H,27,28)/b5-3+/t12-/m0/s1. The van der Waals surface area contributed by atoms with Crippen LogP contribution in [0.4, 0.5) is 26.3 Å². The van der Waals surface area contributed by atoms with Crippen LogP contribution in [-0.4, -0.2) is 35.6 Å². The molecule has 12 heteroatoms. The first-order valence-electron chi connectivity index (χ1n) is 7.92. The van der Waals surface area contributed by atoms with E-state index in [0.717, 1.165) is 12.2 Å². The molecule has 1 rings (SSSR count). The van der Waals surface area contributed by atoms with Gasteiger partial charge < -0.3 is 15.2 Å². The van der Waals surface area contributed by atoms with E-state index in [-0.39, 0.29) is 24.8 Å². The van der Waals surface area contributed by atoms with Gasteiger partial charge in [0.05, 0.1) is 17.7 Å². The molecule has 0 heterocycles. The van der Waals surface area contributed by atoms with Crippen LogP contribution in [-0.2, 0) is 26.7 Å². The number of ether oxygens (including phenoxy) is 1. The fourth-order valence-corrected chi connectivity index (χ4v) is 2.04. The van der Waals surface area contributed by atoms with Gasteiger partial charge in [0.15, 0.2) is 0 Å². The smallest absolute Gasteiger partial charge is 0.416 e. The summed E-state index contributed by atoms with van der Waals surface area (Å²) in [5.41, 5.74) is -4.45. The van der Waals surface area contributed by atoms with Crippen molar-refractivity contribution >= 4 is 17.8 Å². The molecule has 0 saturated heterocycles. The number of halogens is 6. The Kier molecular flexibility index (Phi) is 7.80. The maximum atomic E-state index is 12.8. The lowest BCUT2D eigenvalue weighted by atomic mass is 10.0. The van der Waals surface area contributed by atoms with Gasteiger partial charge in [-0.3, -0.25) is 4.79 Å². The Labute approximate surface area is 160 Å². The fraction of sp³-hybridized carbons (Fsp3) is 0.353. The first-order chi connectivity index (χ1) is 13.3. The molecule has 0 saturated carbocycles. The van der Waals surface area contributed by atoms with Crippen molar-refractivity contribution in [2.45, 2.75) is 31.7 Å². The molecule has 0 aromatic heterocycles. The highest BCUT2D eigenvalue weighted by Crippen LogP contribution is 2.36. The predicted molar refractivity (Wildman–Crippen MR) is 85.7 cm³/mol. The lowest BCUT2D eigenvalue weighted by Crippen LogP contribution is -2.40. The van der Waals surface area contributed by atoms with E-state index in [2.05, 4.69) is 4.74 Å². The summed E-state index contributed by atoms with van der Waals surface area (Å²) in [6.45, 7) is 1.58. The molecule has 0 aliphatic rings. The van der Waals surface area contributed by atoms with Crippen LogP contribution in [0.25, 0.3) is 0 Å². The van der Waals surface area contributed by atoms with Crippen molar-refractivity contribution in [2.24, 2.45) is 0 Å². The van der Waals surface area contributed by atoms with Crippen LogP contribution in [0.15, 0.2) is 30.4 Å². The van der Waals surface area contributed by atoms with Crippen LogP contribution in [0.3, 0.4) is 0 Å². The van der Waals surface area contributed by atoms with E-state index in [1.807, 2.05) is 5.32 Å². The van der Waals surface area contributed by atoms with Crippen LogP contribution in [0.1, 0.15) is 34.8 Å². The minimum atomic E-state index is -5.16. The van der Waals surface area contributed by atoms with E-state index in [1.165, 1.54) is 6.92 Å². The van der Waals surface area contributed by atoms with Gasteiger partial charge in [-0.05, 0) is 31.5 Å². The molecule has 29 heavy (non-hydrogen) atoms. The molecule has 1 aromatic carbocycles. The van der Waals surface area contributed by atoms with Crippen molar-refractivity contribution in [3.05, 3.63) is 47.0 Å². The van der Waals surface area contributed by atoms with Crippen LogP contribution in [0, 0.1) is 0 Å². The lowest BCUT2D eigenvalue weighted by molar-refractivity contribution is -0.143. The number of carbonyl (C=O) groups excluding carboxylic acids is 2. The number of rotatable bonds is 7. The second-order valence-electron chi connectivity index (χ2n) is 5.55. The molecule has 0 unspecified atom stereocenters. The SMILES string of the molecule is CCOC(=O)/C=C/C[C@H](NC(=O)c1cc(C(F)(F)F)cc(C(F)(F)F)c1)C(=O)O. The van der Waals surface area contributed by atoms with Crippen LogP contribution >= 0.6 is 0 Å². The Balaban J connectivity index is 3.11. The van der Waals surface area contributed by atoms with E-state index in [1.54, 1.807) is 0 Å². The Morgan fingerprint density at radius 3 is 2.00 bits per heavy atom. The topological polar surface area (TPSA) is 92.7 Å². The summed E-state index contributed by atoms with van der Waals surface area (Å²) < 4.78 is 81.6. The Bertz CT molecular complexity index is 768. The highest BCUT2D eigenvalue weighted by Gasteiger charge is 2.37. The zero-order chi connectivity index (χ0) is 22.4. The molecule has 0 radical (unpaired) electrons. The maximum Gasteiger partial charge on any atom is 0.416 e. The number of amides is 1. The van der Waals surface area contributed by atoms with E-state index in [0.29, 0.717) is 0 Å². The molecule has 1 aromatic rings. The zero-order valence-corrected chi connectivity index (χ0v) is 14.7. The summed E-state index contributed by atoms with van der Waals surface area (Å²) in [4.78, 5) is 34.4. The van der Waals surface area contributed by atoms with Crippen molar-refractivity contribution in [1.29, 1.82) is 0 Å². The number of hydrogen-bond donors (Lipinski definition) is 2. The predicted octanol–water partition coefficient (Wildman–Crippen LogP) is 3.42. The van der Waals surface area contributed by atoms with E-state index in [9.17, 15) is 40.7 Å². The van der Waals surface area contributed by atoms with Gasteiger partial charge in [-0.1, -0.05) is 6.08 Å². The molecule has 0 aliphatic heterocycles. The third-order valence-electron chi connectivity index (χ3n) is 3.37. The number of carboxylic acid groups (broad SMARTS) is 1. The van der Waals surface area contributed by atoms with Gasteiger partial charge in [0.1, 0.15) is 6.04 Å². The molecule has 0 aliphatic carbocycles. The van der Waals surface area contributed by atoms with E-state index >= 15 is 0 Å². The van der Waals surface area contributed by atoms with Gasteiger partial charge in [-0.25, -0.2) is 9.59 Å². The molecular formula is C17H15F6NO5. The quantitative estimate of drug-likeness (QED) is 0.395. The van der Waals surface area contributed by atoms with Gasteiger partial charge in [0.25, 0.3) is 5.91 Å². The zero-order valence-electron chi connectivity index (χ0n) is 14.7. The first kappa shape index (κ1) is 24.0. The Morgan fingerprint density at radius 2 is 1.59 bits per heavy atom. The van der Waals surface area contributed by atoms with Crippen LogP contribution in [0.5, 0.6) is 0 Å². The minimum absolute atomic E-state index is 0.0549. The minimum Gasteiger partial charge on any atom is -0.480 e. The van der Waals surface area contributed by atoms with Gasteiger partial charge in [-0.15, -0.1) is 0 Å². The number of hydrogen-bond acceptors (Lipinski definition) is 4. The van der Waals surface area contributed by atoms with Crippen LogP contribution in [0.2, 0.25) is 0 Å². The first-order valence-corrected chi connectivity index (χ1v) is 7.92. The molecule has 2 N–H and O–H groups in total. The van der Waals surface area contributed by atoms with Crippen molar-refractivity contribution in [3.8, 4) is 0 Å². The van der Waals surface area contributed by atoms with Gasteiger partial charge >= 0.3 is 24.3 Å². The lowest BCUT2D eigenvalue weighted by Gasteiger charge is -2.16. The van der Waals surface area contributed by atoms with Crippen LogP contribution < -0.4 is 5.32 Å². The third kappa shape index (κ3) is 7.47. The summed E-state index contributed by atoms with van der Waals surface area (Å²) in [5.74, 6) is -3.87. The maximum absolute atomic E-state index is 12.8. The molecule has 1 amide bonds. The summed E-state index contributed by atoms with van der Waals surface area (Å²) in [5, 5.41) is 10.9. The monoisotopic (exact) mass is 427 g/mol. The van der Waals surface area contributed by atoms with E-state index in [4.69, 9.17) is 5.11 Å².